The van der Waals surface area contributed by atoms with E-state index in [1.807, 2.05) is 30.3 Å². The van der Waals surface area contributed by atoms with Crippen molar-refractivity contribution in [3.63, 3.8) is 0 Å². The third-order valence-electron chi connectivity index (χ3n) is 3.27. The molecule has 0 saturated heterocycles. The van der Waals surface area contributed by atoms with Gasteiger partial charge in [-0.3, -0.25) is 0 Å². The SMILES string of the molecule is O=C(N[C@@H]1CCCCC1(F)F)OCc1ccccc1. The molecule has 0 unspecified atom stereocenters. The number of carbonyl (C=O) groups is 1. The van der Waals surface area contributed by atoms with E-state index >= 15 is 0 Å². The minimum absolute atomic E-state index is 0.0883. The minimum atomic E-state index is -2.83. The molecule has 3 nitrogen and oxygen atoms in total. The van der Waals surface area contributed by atoms with Crippen LogP contribution in [0.5, 0.6) is 0 Å². The van der Waals surface area contributed by atoms with Crippen molar-refractivity contribution in [1.29, 1.82) is 0 Å². The maximum atomic E-state index is 13.5. The number of amides is 1. The molecular weight excluding hydrogens is 252 g/mol. The van der Waals surface area contributed by atoms with Crippen LogP contribution in [-0.2, 0) is 11.3 Å². The first-order chi connectivity index (χ1) is 9.08. The fourth-order valence-corrected chi connectivity index (χ4v) is 2.18. The Kier molecular flexibility index (Phi) is 4.35. The van der Waals surface area contributed by atoms with Gasteiger partial charge in [0, 0.05) is 6.42 Å². The maximum Gasteiger partial charge on any atom is 0.407 e. The van der Waals surface area contributed by atoms with Gasteiger partial charge in [-0.05, 0) is 18.4 Å². The molecule has 1 aliphatic rings. The standard InChI is InChI=1S/C14H17F2NO2/c15-14(16)9-5-4-8-12(14)17-13(18)19-10-11-6-2-1-3-7-11/h1-3,6-7,12H,4-5,8-10H2,(H,17,18)/t12-/m1/s1. The van der Waals surface area contributed by atoms with E-state index < -0.39 is 18.1 Å². The van der Waals surface area contributed by atoms with Gasteiger partial charge in [-0.1, -0.05) is 36.8 Å². The molecule has 0 spiro atoms. The summed E-state index contributed by atoms with van der Waals surface area (Å²) in [6.07, 6.45) is 0.559. The molecule has 0 aliphatic heterocycles. The number of alkyl carbamates (subject to hydrolysis) is 1. The van der Waals surface area contributed by atoms with Crippen LogP contribution in [0.4, 0.5) is 13.6 Å². The topological polar surface area (TPSA) is 38.3 Å². The molecule has 1 amide bonds. The lowest BCUT2D eigenvalue weighted by Gasteiger charge is -2.31. The van der Waals surface area contributed by atoms with Gasteiger partial charge in [-0.25, -0.2) is 13.6 Å². The number of alkyl halides is 2. The Labute approximate surface area is 111 Å². The van der Waals surface area contributed by atoms with Crippen LogP contribution in [0.2, 0.25) is 0 Å². The first kappa shape index (κ1) is 13.8. The van der Waals surface area contributed by atoms with Crippen LogP contribution in [0, 0.1) is 0 Å². The molecule has 2 rings (SSSR count). The highest BCUT2D eigenvalue weighted by Gasteiger charge is 2.42. The summed E-state index contributed by atoms with van der Waals surface area (Å²) in [7, 11) is 0. The summed E-state index contributed by atoms with van der Waals surface area (Å²) in [6, 6.07) is 8.01. The highest BCUT2D eigenvalue weighted by molar-refractivity contribution is 5.67. The predicted molar refractivity (Wildman–Crippen MR) is 67.0 cm³/mol. The Bertz CT molecular complexity index is 423. The lowest BCUT2D eigenvalue weighted by Crippen LogP contribution is -2.49. The molecule has 1 aromatic carbocycles. The molecule has 1 fully saturated rings. The highest BCUT2D eigenvalue weighted by Crippen LogP contribution is 2.33. The number of ether oxygens (including phenoxy) is 1. The zero-order valence-electron chi connectivity index (χ0n) is 10.6. The van der Waals surface area contributed by atoms with E-state index in [9.17, 15) is 13.6 Å². The maximum absolute atomic E-state index is 13.5. The summed E-state index contributed by atoms with van der Waals surface area (Å²) in [6.45, 7) is 0.0883. The van der Waals surface area contributed by atoms with Crippen molar-refractivity contribution >= 4 is 6.09 Å². The number of nitrogens with one attached hydrogen (secondary N) is 1. The number of carbonyl (C=O) groups excluding carboxylic acids is 1. The van der Waals surface area contributed by atoms with Gasteiger partial charge in [-0.2, -0.15) is 0 Å². The summed E-state index contributed by atoms with van der Waals surface area (Å²) in [5, 5.41) is 2.27. The summed E-state index contributed by atoms with van der Waals surface area (Å²) < 4.78 is 32.0. The van der Waals surface area contributed by atoms with Crippen molar-refractivity contribution in [2.75, 3.05) is 0 Å². The van der Waals surface area contributed by atoms with E-state index in [0.29, 0.717) is 19.3 Å². The molecule has 1 atom stereocenters. The monoisotopic (exact) mass is 269 g/mol. The normalized spacial score (nSPS) is 21.7. The number of benzene rings is 1. The van der Waals surface area contributed by atoms with Gasteiger partial charge in [0.05, 0.1) is 6.04 Å². The van der Waals surface area contributed by atoms with Crippen LogP contribution in [0.1, 0.15) is 31.2 Å². The van der Waals surface area contributed by atoms with Crippen molar-refractivity contribution in [3.05, 3.63) is 35.9 Å². The summed E-state index contributed by atoms with van der Waals surface area (Å²) in [5.74, 6) is -2.83. The molecule has 5 heteroatoms. The van der Waals surface area contributed by atoms with Crippen LogP contribution in [-0.4, -0.2) is 18.1 Å². The van der Waals surface area contributed by atoms with E-state index in [4.69, 9.17) is 4.74 Å². The Balaban J connectivity index is 1.81. The fourth-order valence-electron chi connectivity index (χ4n) is 2.18. The number of halogens is 2. The summed E-state index contributed by atoms with van der Waals surface area (Å²) >= 11 is 0. The molecule has 1 N–H and O–H groups in total. The van der Waals surface area contributed by atoms with E-state index in [1.165, 1.54) is 0 Å². The largest absolute Gasteiger partial charge is 0.445 e. The first-order valence-electron chi connectivity index (χ1n) is 6.43. The number of hydrogen-bond acceptors (Lipinski definition) is 2. The molecule has 19 heavy (non-hydrogen) atoms. The Hall–Kier alpha value is -1.65. The van der Waals surface area contributed by atoms with Gasteiger partial charge >= 0.3 is 6.09 Å². The molecule has 0 heterocycles. The molecule has 0 bridgehead atoms. The second-order valence-corrected chi connectivity index (χ2v) is 4.77. The van der Waals surface area contributed by atoms with E-state index in [1.54, 1.807) is 0 Å². The molecule has 1 aliphatic carbocycles. The third-order valence-corrected chi connectivity index (χ3v) is 3.27. The number of hydrogen-bond donors (Lipinski definition) is 1. The van der Waals surface area contributed by atoms with Crippen molar-refractivity contribution in [3.8, 4) is 0 Å². The highest BCUT2D eigenvalue weighted by atomic mass is 19.3. The van der Waals surface area contributed by atoms with Gasteiger partial charge in [-0.15, -0.1) is 0 Å². The fraction of sp³-hybridized carbons (Fsp3) is 0.500. The summed E-state index contributed by atoms with van der Waals surface area (Å²) in [5.41, 5.74) is 0.827. The number of rotatable bonds is 3. The lowest BCUT2D eigenvalue weighted by molar-refractivity contribution is -0.0626. The Morgan fingerprint density at radius 1 is 1.32 bits per heavy atom. The second kappa shape index (κ2) is 5.99. The van der Waals surface area contributed by atoms with Crippen LogP contribution < -0.4 is 5.32 Å². The molecule has 0 radical (unpaired) electrons. The molecule has 104 valence electrons. The molecule has 1 saturated carbocycles. The van der Waals surface area contributed by atoms with Crippen molar-refractivity contribution in [2.45, 2.75) is 44.3 Å². The van der Waals surface area contributed by atoms with Crippen LogP contribution >= 0.6 is 0 Å². The van der Waals surface area contributed by atoms with Crippen LogP contribution in [0.15, 0.2) is 30.3 Å². The van der Waals surface area contributed by atoms with Gasteiger partial charge in [0.2, 0.25) is 0 Å². The smallest absolute Gasteiger partial charge is 0.407 e. The zero-order chi connectivity index (χ0) is 13.7. The van der Waals surface area contributed by atoms with Crippen molar-refractivity contribution < 1.29 is 18.3 Å². The lowest BCUT2D eigenvalue weighted by atomic mass is 9.92. The van der Waals surface area contributed by atoms with Crippen molar-refractivity contribution in [2.24, 2.45) is 0 Å². The molecule has 0 aromatic heterocycles. The Morgan fingerprint density at radius 2 is 2.05 bits per heavy atom. The van der Waals surface area contributed by atoms with Gasteiger partial charge in [0.1, 0.15) is 6.61 Å². The Morgan fingerprint density at radius 3 is 2.74 bits per heavy atom. The zero-order valence-corrected chi connectivity index (χ0v) is 10.6. The van der Waals surface area contributed by atoms with Crippen LogP contribution in [0.3, 0.4) is 0 Å². The minimum Gasteiger partial charge on any atom is -0.445 e. The van der Waals surface area contributed by atoms with Gasteiger partial charge in [0.15, 0.2) is 0 Å². The molecular formula is C14H17F2NO2. The van der Waals surface area contributed by atoms with Crippen molar-refractivity contribution in [1.82, 2.24) is 5.32 Å². The van der Waals surface area contributed by atoms with E-state index in [-0.39, 0.29) is 13.0 Å². The quantitative estimate of drug-likeness (QED) is 0.912. The molecule has 1 aromatic rings. The second-order valence-electron chi connectivity index (χ2n) is 4.77. The summed E-state index contributed by atoms with van der Waals surface area (Å²) in [4.78, 5) is 11.5. The van der Waals surface area contributed by atoms with Gasteiger partial charge < -0.3 is 10.1 Å². The predicted octanol–water partition coefficient (Wildman–Crippen LogP) is 3.49. The average Bonchev–Trinajstić information content (AvgIpc) is 2.40. The van der Waals surface area contributed by atoms with E-state index in [2.05, 4.69) is 5.32 Å². The first-order valence-corrected chi connectivity index (χ1v) is 6.43. The van der Waals surface area contributed by atoms with E-state index in [0.717, 1.165) is 5.56 Å². The van der Waals surface area contributed by atoms with Crippen LogP contribution in [0.25, 0.3) is 0 Å². The average molecular weight is 269 g/mol. The van der Waals surface area contributed by atoms with Gasteiger partial charge in [0.25, 0.3) is 5.92 Å². The third kappa shape index (κ3) is 3.91.